The van der Waals surface area contributed by atoms with Crippen LogP contribution in [0.5, 0.6) is 0 Å². The van der Waals surface area contributed by atoms with Gasteiger partial charge in [0.15, 0.2) is 0 Å². The van der Waals surface area contributed by atoms with Gasteiger partial charge in [0.05, 0.1) is 31.0 Å². The molecule has 2 amide bonds. The van der Waals surface area contributed by atoms with E-state index in [-0.39, 0.29) is 37.4 Å². The molecule has 3 heterocycles. The van der Waals surface area contributed by atoms with E-state index in [9.17, 15) is 14.4 Å². The number of hydrogen-bond donors (Lipinski definition) is 1. The fourth-order valence-electron chi connectivity index (χ4n) is 6.48. The minimum absolute atomic E-state index is 0.117. The molecule has 0 spiro atoms. The lowest BCUT2D eigenvalue weighted by Crippen LogP contribution is -2.44. The number of nitrogens with one attached hydrogen (secondary N) is 1. The van der Waals surface area contributed by atoms with E-state index in [1.54, 1.807) is 32.9 Å². The number of carbonyl (C=O) groups is 3. The standard InChI is InChI=1S/C38H37N5O6/c1-38(2,3)49-37(46)43-32-17-18-34(40-31(32)20-39-43)41-35(44)33-19-25(47-22-24-11-5-4-6-12-24)21-42(33)36(45)48-23-30-28-15-9-7-13-26(28)27-14-8-10-16-29(27)30/h4-18,20,25,30,33H,19,21-23H2,1-3H3,(H,40,41,44)/t25-,33+/m0/s1. The molecule has 2 aromatic heterocycles. The van der Waals surface area contributed by atoms with Crippen LogP contribution >= 0.6 is 0 Å². The number of nitrogens with zero attached hydrogens (tertiary/aromatic N) is 4. The molecule has 5 aromatic rings. The van der Waals surface area contributed by atoms with E-state index >= 15 is 0 Å². The average molecular weight is 660 g/mol. The third-order valence-corrected chi connectivity index (χ3v) is 8.71. The number of amides is 2. The zero-order valence-corrected chi connectivity index (χ0v) is 27.5. The van der Waals surface area contributed by atoms with Crippen molar-refractivity contribution in [1.29, 1.82) is 0 Å². The summed E-state index contributed by atoms with van der Waals surface area (Å²) in [6, 6.07) is 28.4. The Labute approximate surface area is 283 Å². The minimum atomic E-state index is -0.863. The van der Waals surface area contributed by atoms with Crippen LogP contribution in [-0.4, -0.2) is 68.7 Å². The Morgan fingerprint density at radius 1 is 0.857 bits per heavy atom. The van der Waals surface area contributed by atoms with Gasteiger partial charge in [0.2, 0.25) is 5.91 Å². The van der Waals surface area contributed by atoms with E-state index in [1.807, 2.05) is 54.6 Å². The van der Waals surface area contributed by atoms with Crippen molar-refractivity contribution in [3.05, 3.63) is 114 Å². The summed E-state index contributed by atoms with van der Waals surface area (Å²) in [6.45, 7) is 5.99. The summed E-state index contributed by atoms with van der Waals surface area (Å²) in [5, 5.41) is 6.98. The summed E-state index contributed by atoms with van der Waals surface area (Å²) in [7, 11) is 0. The molecular weight excluding hydrogens is 622 g/mol. The molecule has 11 heteroatoms. The Balaban J connectivity index is 1.07. The van der Waals surface area contributed by atoms with Crippen molar-refractivity contribution in [3.8, 4) is 11.1 Å². The topological polar surface area (TPSA) is 125 Å². The van der Waals surface area contributed by atoms with E-state index in [0.29, 0.717) is 17.6 Å². The smallest absolute Gasteiger partial charge is 0.435 e. The van der Waals surface area contributed by atoms with Gasteiger partial charge in [0, 0.05) is 12.3 Å². The largest absolute Gasteiger partial charge is 0.448 e. The molecule has 250 valence electrons. The van der Waals surface area contributed by atoms with E-state index in [1.165, 1.54) is 11.1 Å². The summed E-state index contributed by atoms with van der Waals surface area (Å²) in [5.74, 6) is -0.290. The molecule has 0 bridgehead atoms. The minimum Gasteiger partial charge on any atom is -0.448 e. The maximum absolute atomic E-state index is 13.8. The predicted molar refractivity (Wildman–Crippen MR) is 183 cm³/mol. The Morgan fingerprint density at radius 3 is 2.22 bits per heavy atom. The highest BCUT2D eigenvalue weighted by molar-refractivity contribution is 5.97. The van der Waals surface area contributed by atoms with Gasteiger partial charge in [-0.15, -0.1) is 0 Å². The SMILES string of the molecule is CC(C)(C)OC(=O)n1ncc2nc(NC(=O)[C@H]3C[C@H](OCc4ccccc4)CN3C(=O)OCC3c4ccccc4-c4ccccc43)ccc21. The summed E-state index contributed by atoms with van der Waals surface area (Å²) in [6.07, 6.45) is 0.101. The van der Waals surface area contributed by atoms with Gasteiger partial charge in [0.1, 0.15) is 29.6 Å². The van der Waals surface area contributed by atoms with E-state index in [0.717, 1.165) is 32.5 Å². The molecule has 1 aliphatic carbocycles. The fraction of sp³-hybridized carbons (Fsp3) is 0.289. The molecule has 0 unspecified atom stereocenters. The predicted octanol–water partition coefficient (Wildman–Crippen LogP) is 6.76. The molecule has 1 aliphatic heterocycles. The number of ether oxygens (including phenoxy) is 3. The summed E-state index contributed by atoms with van der Waals surface area (Å²) in [5.41, 5.74) is 5.60. The third kappa shape index (κ3) is 6.75. The molecule has 1 fully saturated rings. The van der Waals surface area contributed by atoms with Crippen LogP contribution in [0, 0.1) is 0 Å². The zero-order chi connectivity index (χ0) is 34.1. The molecule has 1 saturated heterocycles. The van der Waals surface area contributed by atoms with Crippen LogP contribution in [0.2, 0.25) is 0 Å². The van der Waals surface area contributed by atoms with Gasteiger partial charge >= 0.3 is 12.2 Å². The Bertz CT molecular complexity index is 1970. The monoisotopic (exact) mass is 659 g/mol. The molecule has 2 aliphatic rings. The molecule has 11 nitrogen and oxygen atoms in total. The van der Waals surface area contributed by atoms with Crippen LogP contribution in [0.1, 0.15) is 49.8 Å². The molecule has 49 heavy (non-hydrogen) atoms. The lowest BCUT2D eigenvalue weighted by atomic mass is 9.98. The third-order valence-electron chi connectivity index (χ3n) is 8.71. The summed E-state index contributed by atoms with van der Waals surface area (Å²) < 4.78 is 18.7. The molecule has 2 atom stereocenters. The first-order valence-corrected chi connectivity index (χ1v) is 16.3. The fourth-order valence-corrected chi connectivity index (χ4v) is 6.48. The Kier molecular flexibility index (Phi) is 8.60. The van der Waals surface area contributed by atoms with Crippen LogP contribution in [-0.2, 0) is 25.6 Å². The second kappa shape index (κ2) is 13.2. The van der Waals surface area contributed by atoms with Crippen LogP contribution in [0.4, 0.5) is 15.4 Å². The number of pyridine rings is 1. The molecule has 3 aromatic carbocycles. The molecule has 0 radical (unpaired) electrons. The van der Waals surface area contributed by atoms with Gasteiger partial charge in [0.25, 0.3) is 0 Å². The highest BCUT2D eigenvalue weighted by Crippen LogP contribution is 2.44. The van der Waals surface area contributed by atoms with Gasteiger partial charge in [-0.05, 0) is 60.7 Å². The van der Waals surface area contributed by atoms with Gasteiger partial charge in [-0.25, -0.2) is 14.6 Å². The maximum Gasteiger partial charge on any atom is 0.435 e. The van der Waals surface area contributed by atoms with E-state index in [4.69, 9.17) is 14.2 Å². The van der Waals surface area contributed by atoms with Crippen LogP contribution in [0.25, 0.3) is 22.2 Å². The van der Waals surface area contributed by atoms with E-state index < -0.39 is 29.7 Å². The number of rotatable bonds is 7. The number of aromatic nitrogens is 3. The molecular formula is C38H37N5O6. The zero-order valence-electron chi connectivity index (χ0n) is 27.5. The Hall–Kier alpha value is -5.55. The van der Waals surface area contributed by atoms with Crippen molar-refractivity contribution in [2.75, 3.05) is 18.5 Å². The number of fused-ring (bicyclic) bond motifs is 4. The average Bonchev–Trinajstić information content (AvgIpc) is 3.80. The number of carbonyl (C=O) groups excluding carboxylic acids is 3. The second-order valence-electron chi connectivity index (χ2n) is 13.3. The molecule has 7 rings (SSSR count). The highest BCUT2D eigenvalue weighted by atomic mass is 16.6. The normalized spacial score (nSPS) is 17.1. The maximum atomic E-state index is 13.8. The Morgan fingerprint density at radius 2 is 1.53 bits per heavy atom. The summed E-state index contributed by atoms with van der Waals surface area (Å²) >= 11 is 0. The van der Waals surface area contributed by atoms with Crippen molar-refractivity contribution < 1.29 is 28.6 Å². The van der Waals surface area contributed by atoms with Crippen LogP contribution < -0.4 is 5.32 Å². The van der Waals surface area contributed by atoms with Crippen molar-refractivity contribution >= 4 is 34.9 Å². The van der Waals surface area contributed by atoms with Crippen molar-refractivity contribution in [2.24, 2.45) is 0 Å². The first kappa shape index (κ1) is 32.0. The van der Waals surface area contributed by atoms with E-state index in [2.05, 4.69) is 39.7 Å². The number of benzene rings is 3. The van der Waals surface area contributed by atoms with Crippen LogP contribution in [0.15, 0.2) is 97.2 Å². The lowest BCUT2D eigenvalue weighted by molar-refractivity contribution is -0.120. The quantitative estimate of drug-likeness (QED) is 0.203. The van der Waals surface area contributed by atoms with Crippen molar-refractivity contribution in [1.82, 2.24) is 19.7 Å². The number of likely N-dealkylation sites (tertiary alicyclic amines) is 1. The number of hydrogen-bond acceptors (Lipinski definition) is 8. The second-order valence-corrected chi connectivity index (χ2v) is 13.3. The van der Waals surface area contributed by atoms with Crippen LogP contribution in [0.3, 0.4) is 0 Å². The molecule has 0 saturated carbocycles. The summed E-state index contributed by atoms with van der Waals surface area (Å²) in [4.78, 5) is 46.1. The van der Waals surface area contributed by atoms with Gasteiger partial charge < -0.3 is 19.5 Å². The first-order valence-electron chi connectivity index (χ1n) is 16.3. The lowest BCUT2D eigenvalue weighted by Gasteiger charge is -2.24. The highest BCUT2D eigenvalue weighted by Gasteiger charge is 2.42. The number of anilines is 1. The first-order chi connectivity index (χ1) is 23.6. The van der Waals surface area contributed by atoms with Crippen molar-refractivity contribution in [2.45, 2.75) is 57.5 Å². The van der Waals surface area contributed by atoms with Gasteiger partial charge in [-0.3, -0.25) is 9.69 Å². The van der Waals surface area contributed by atoms with Gasteiger partial charge in [-0.2, -0.15) is 9.78 Å². The molecule has 1 N–H and O–H groups in total. The van der Waals surface area contributed by atoms with Crippen molar-refractivity contribution in [3.63, 3.8) is 0 Å². The van der Waals surface area contributed by atoms with Gasteiger partial charge in [-0.1, -0.05) is 78.9 Å².